The van der Waals surface area contributed by atoms with Crippen LogP contribution in [0.2, 0.25) is 0 Å². The summed E-state index contributed by atoms with van der Waals surface area (Å²) in [4.78, 5) is 31.2. The third kappa shape index (κ3) is 8.43. The molecule has 2 rings (SSSR count). The van der Waals surface area contributed by atoms with Crippen molar-refractivity contribution in [3.05, 3.63) is 54.4 Å². The van der Waals surface area contributed by atoms with E-state index < -0.39 is 18.1 Å². The summed E-state index contributed by atoms with van der Waals surface area (Å²) < 4.78 is 33.0. The second-order valence-corrected chi connectivity index (χ2v) is 4.93. The first-order chi connectivity index (χ1) is 12.6. The van der Waals surface area contributed by atoms with E-state index in [0.29, 0.717) is 11.3 Å². The lowest BCUT2D eigenvalue weighted by molar-refractivity contribution is -0.753. The van der Waals surface area contributed by atoms with Crippen molar-refractivity contribution < 1.29 is 42.4 Å². The van der Waals surface area contributed by atoms with Crippen LogP contribution < -0.4 is 15.1 Å². The van der Waals surface area contributed by atoms with Crippen LogP contribution in [0, 0.1) is 0 Å². The Bertz CT molecular complexity index is 780. The molecule has 1 aromatic heterocycles. The summed E-state index contributed by atoms with van der Waals surface area (Å²) in [6, 6.07) is 10.7. The maximum Gasteiger partial charge on any atom is 0.430 e. The number of benzene rings is 1. The average molecular weight is 385 g/mol. The first kappa shape index (κ1) is 21.5. The molecule has 0 aliphatic rings. The van der Waals surface area contributed by atoms with Crippen LogP contribution in [0.4, 0.5) is 18.9 Å². The molecule has 27 heavy (non-hydrogen) atoms. The topological polar surface area (TPSA) is 123 Å². The van der Waals surface area contributed by atoms with Crippen LogP contribution in [0.1, 0.15) is 16.8 Å². The summed E-state index contributed by atoms with van der Waals surface area (Å²) in [5, 5.41) is 24.1. The third-order valence-corrected chi connectivity index (χ3v) is 2.85. The Morgan fingerprint density at radius 1 is 1.15 bits per heavy atom. The third-order valence-electron chi connectivity index (χ3n) is 2.85. The predicted octanol–water partition coefficient (Wildman–Crippen LogP) is 0.395. The van der Waals surface area contributed by atoms with Gasteiger partial charge in [-0.2, -0.15) is 13.2 Å². The highest BCUT2D eigenvalue weighted by molar-refractivity contribution is 6.03. The Morgan fingerprint density at radius 3 is 2.19 bits per heavy atom. The zero-order chi connectivity index (χ0) is 20.4. The normalized spacial score (nSPS) is 10.3. The molecule has 1 heterocycles. The first-order valence-corrected chi connectivity index (χ1v) is 7.31. The zero-order valence-electron chi connectivity index (χ0n) is 13.6. The van der Waals surface area contributed by atoms with Crippen LogP contribution in [0.25, 0.3) is 0 Å². The van der Waals surface area contributed by atoms with E-state index in [9.17, 15) is 22.8 Å². The minimum Gasteiger partial charge on any atom is -0.542 e. The summed E-state index contributed by atoms with van der Waals surface area (Å²) >= 11 is 0. The van der Waals surface area contributed by atoms with Crippen molar-refractivity contribution in [1.82, 2.24) is 5.10 Å². The number of carboxylic acids is 2. The first-order valence-electron chi connectivity index (χ1n) is 7.31. The number of aliphatic carboxylic acids is 2. The highest BCUT2D eigenvalue weighted by Gasteiger charge is 2.28. The van der Waals surface area contributed by atoms with Gasteiger partial charge in [0.25, 0.3) is 5.91 Å². The van der Waals surface area contributed by atoms with Crippen molar-refractivity contribution in [2.24, 2.45) is 0 Å². The monoisotopic (exact) mass is 385 g/mol. The Kier molecular flexibility index (Phi) is 7.86. The number of carboxylic acid groups (broad SMARTS) is 2. The molecule has 2 N–H and O–H groups in total. The number of aryl methyl sites for hydroxylation is 1. The van der Waals surface area contributed by atoms with Crippen molar-refractivity contribution in [3.63, 3.8) is 0 Å². The number of nitrogens with one attached hydrogen (secondary N) is 1. The maximum atomic E-state index is 11.9. The predicted molar refractivity (Wildman–Crippen MR) is 82.1 cm³/mol. The van der Waals surface area contributed by atoms with Gasteiger partial charge in [0.1, 0.15) is 18.6 Å². The van der Waals surface area contributed by atoms with E-state index in [1.165, 1.54) is 10.9 Å². The Labute approximate surface area is 150 Å². The van der Waals surface area contributed by atoms with E-state index in [1.54, 1.807) is 24.4 Å². The quantitative estimate of drug-likeness (QED) is 0.718. The maximum absolute atomic E-state index is 11.9. The molecule has 0 atom stereocenters. The molecule has 1 amide bonds. The lowest BCUT2D eigenvalue weighted by Crippen LogP contribution is -2.38. The second kappa shape index (κ2) is 9.85. The van der Waals surface area contributed by atoms with Gasteiger partial charge in [-0.3, -0.25) is 9.59 Å². The molecule has 0 bridgehead atoms. The molecule has 1 aromatic carbocycles. The SMILES string of the molecule is O=C(O)CC[n+]1ccc(C(=O)Nc2ccccc2)cn1.O=C([O-])C(F)(F)F. The molecule has 144 valence electrons. The highest BCUT2D eigenvalue weighted by atomic mass is 19.4. The van der Waals surface area contributed by atoms with Gasteiger partial charge in [0, 0.05) is 11.8 Å². The number of amides is 1. The molecular formula is C16H14F3N3O5. The Hall–Kier alpha value is -3.50. The number of hydrogen-bond donors (Lipinski definition) is 2. The highest BCUT2D eigenvalue weighted by Crippen LogP contribution is 2.11. The van der Waals surface area contributed by atoms with Crippen molar-refractivity contribution in [1.29, 1.82) is 0 Å². The molecule has 0 saturated carbocycles. The number of carbonyl (C=O) groups excluding carboxylic acids is 2. The summed E-state index contributed by atoms with van der Waals surface area (Å²) in [6.45, 7) is 0.274. The molecule has 0 aliphatic carbocycles. The number of aromatic nitrogens is 2. The number of hydrogen-bond acceptors (Lipinski definition) is 5. The van der Waals surface area contributed by atoms with Gasteiger partial charge >= 0.3 is 12.1 Å². The van der Waals surface area contributed by atoms with E-state index in [4.69, 9.17) is 15.0 Å². The van der Waals surface area contributed by atoms with Crippen LogP contribution in [-0.4, -0.2) is 34.2 Å². The lowest BCUT2D eigenvalue weighted by Gasteiger charge is -2.03. The van der Waals surface area contributed by atoms with Gasteiger partial charge in [0.05, 0.1) is 5.56 Å². The van der Waals surface area contributed by atoms with Gasteiger partial charge in [-0.05, 0) is 17.2 Å². The van der Waals surface area contributed by atoms with E-state index in [2.05, 4.69) is 10.4 Å². The number of halogens is 3. The fourth-order valence-electron chi connectivity index (χ4n) is 1.59. The van der Waals surface area contributed by atoms with Gasteiger partial charge < -0.3 is 20.3 Å². The van der Waals surface area contributed by atoms with E-state index in [-0.39, 0.29) is 18.9 Å². The Morgan fingerprint density at radius 2 is 1.74 bits per heavy atom. The number of carbonyl (C=O) groups is 3. The number of nitrogens with zero attached hydrogens (tertiary/aromatic N) is 2. The molecule has 0 aliphatic heterocycles. The minimum atomic E-state index is -5.19. The van der Waals surface area contributed by atoms with Crippen LogP contribution in [-0.2, 0) is 16.1 Å². The fourth-order valence-corrected chi connectivity index (χ4v) is 1.59. The van der Waals surface area contributed by atoms with Crippen molar-refractivity contribution in [2.45, 2.75) is 19.1 Å². The van der Waals surface area contributed by atoms with E-state index >= 15 is 0 Å². The summed E-state index contributed by atoms with van der Waals surface area (Å²) in [5.74, 6) is -4.15. The molecule has 0 spiro atoms. The van der Waals surface area contributed by atoms with Gasteiger partial charge in [-0.1, -0.05) is 22.9 Å². The molecular weight excluding hydrogens is 371 g/mol. The van der Waals surface area contributed by atoms with Crippen LogP contribution >= 0.6 is 0 Å². The number of anilines is 1. The van der Waals surface area contributed by atoms with Crippen LogP contribution in [0.5, 0.6) is 0 Å². The van der Waals surface area contributed by atoms with Crippen molar-refractivity contribution in [2.75, 3.05) is 5.32 Å². The smallest absolute Gasteiger partial charge is 0.430 e. The van der Waals surface area contributed by atoms with Crippen molar-refractivity contribution in [3.8, 4) is 0 Å². The molecule has 8 nitrogen and oxygen atoms in total. The summed E-state index contributed by atoms with van der Waals surface area (Å²) in [5.41, 5.74) is 1.13. The van der Waals surface area contributed by atoms with Gasteiger partial charge in [0.15, 0.2) is 12.7 Å². The largest absolute Gasteiger partial charge is 0.542 e. The van der Waals surface area contributed by atoms with Gasteiger partial charge in [0.2, 0.25) is 0 Å². The standard InChI is InChI=1S/C14H13N3O3.C2HF3O2/c18-13(19)7-9-17-8-6-11(10-15-17)14(20)16-12-4-2-1-3-5-12;3-2(4,5)1(6)7/h1-6,8,10H,7,9H2,(H-,16,18,19,20);(H,6,7). The molecule has 11 heteroatoms. The zero-order valence-corrected chi connectivity index (χ0v) is 13.6. The number of para-hydroxylation sites is 1. The molecule has 2 aromatic rings. The lowest BCUT2D eigenvalue weighted by atomic mass is 10.2. The van der Waals surface area contributed by atoms with Gasteiger partial charge in [-0.25, -0.2) is 0 Å². The van der Waals surface area contributed by atoms with E-state index in [0.717, 1.165) is 0 Å². The summed E-state index contributed by atoms with van der Waals surface area (Å²) in [6.07, 6.45) is -2.20. The minimum absolute atomic E-state index is 0.00672. The molecule has 0 radical (unpaired) electrons. The number of alkyl halides is 3. The number of rotatable bonds is 5. The van der Waals surface area contributed by atoms with Crippen molar-refractivity contribution >= 4 is 23.5 Å². The Balaban J connectivity index is 0.000000445. The van der Waals surface area contributed by atoms with Gasteiger partial charge in [-0.15, -0.1) is 0 Å². The average Bonchev–Trinajstić information content (AvgIpc) is 2.61. The molecule has 0 unspecified atom stereocenters. The fraction of sp³-hybridized carbons (Fsp3) is 0.188. The second-order valence-electron chi connectivity index (χ2n) is 4.93. The summed E-state index contributed by atoms with van der Waals surface area (Å²) in [7, 11) is 0. The molecule has 0 fully saturated rings. The van der Waals surface area contributed by atoms with E-state index in [1.807, 2.05) is 18.2 Å². The van der Waals surface area contributed by atoms with Crippen LogP contribution in [0.3, 0.4) is 0 Å². The van der Waals surface area contributed by atoms with Crippen LogP contribution in [0.15, 0.2) is 48.8 Å². The molecule has 0 saturated heterocycles.